The van der Waals surface area contributed by atoms with Gasteiger partial charge < -0.3 is 20.6 Å². The van der Waals surface area contributed by atoms with Gasteiger partial charge in [-0.3, -0.25) is 9.59 Å². The molecule has 21 heavy (non-hydrogen) atoms. The molecule has 7 nitrogen and oxygen atoms in total. The summed E-state index contributed by atoms with van der Waals surface area (Å²) >= 11 is 0. The Bertz CT molecular complexity index is 356. The first kappa shape index (κ1) is 19.2. The van der Waals surface area contributed by atoms with Crippen LogP contribution >= 0.6 is 0 Å². The van der Waals surface area contributed by atoms with Crippen LogP contribution in [0.5, 0.6) is 0 Å². The molecule has 0 saturated heterocycles. The fraction of sp³-hybridized carbons (Fsp3) is 0.786. The molecule has 0 heterocycles. The van der Waals surface area contributed by atoms with Crippen LogP contribution in [0.3, 0.4) is 0 Å². The van der Waals surface area contributed by atoms with Crippen LogP contribution in [0.15, 0.2) is 0 Å². The van der Waals surface area contributed by atoms with Crippen LogP contribution in [0.25, 0.3) is 0 Å². The lowest BCUT2D eigenvalue weighted by atomic mass is 9.94. The van der Waals surface area contributed by atoms with Crippen molar-refractivity contribution in [3.05, 3.63) is 0 Å². The van der Waals surface area contributed by atoms with Crippen molar-refractivity contribution in [1.29, 1.82) is 0 Å². The quantitative estimate of drug-likeness (QED) is 0.589. The lowest BCUT2D eigenvalue weighted by Gasteiger charge is -2.18. The number of hydrogen-bond acceptors (Lipinski definition) is 3. The Balaban J connectivity index is 4.01. The summed E-state index contributed by atoms with van der Waals surface area (Å²) in [6, 6.07) is -0.374. The number of hydrogen-bond donors (Lipinski definition) is 3. The van der Waals surface area contributed by atoms with Crippen molar-refractivity contribution in [2.75, 3.05) is 27.2 Å². The molecule has 0 aliphatic heterocycles. The van der Waals surface area contributed by atoms with Gasteiger partial charge in [0.05, 0.1) is 0 Å². The lowest BCUT2D eigenvalue weighted by Crippen LogP contribution is -2.40. The second kappa shape index (κ2) is 10.0. The van der Waals surface area contributed by atoms with Crippen LogP contribution < -0.4 is 10.6 Å². The van der Waals surface area contributed by atoms with Gasteiger partial charge in [-0.25, -0.2) is 4.79 Å². The molecule has 0 aliphatic carbocycles. The van der Waals surface area contributed by atoms with Gasteiger partial charge in [0.25, 0.3) is 0 Å². The molecule has 1 atom stereocenters. The second-order valence-corrected chi connectivity index (χ2v) is 5.77. The zero-order chi connectivity index (χ0) is 16.4. The highest BCUT2D eigenvalue weighted by atomic mass is 16.4. The molecule has 0 aromatic heterocycles. The summed E-state index contributed by atoms with van der Waals surface area (Å²) in [6.07, 6.45) is 1.02. The molecule has 0 aromatic carbocycles. The molecule has 3 N–H and O–H groups in total. The highest BCUT2D eigenvalue weighted by molar-refractivity contribution is 5.77. The van der Waals surface area contributed by atoms with Crippen LogP contribution in [0.2, 0.25) is 0 Å². The van der Waals surface area contributed by atoms with E-state index >= 15 is 0 Å². The molecule has 1 unspecified atom stereocenters. The SMILES string of the molecule is CC(C)CC(CNC(=O)NCCC(=O)N(C)C)CC(=O)O. The molecule has 3 amide bonds. The van der Waals surface area contributed by atoms with E-state index in [9.17, 15) is 14.4 Å². The van der Waals surface area contributed by atoms with Crippen molar-refractivity contribution >= 4 is 17.9 Å². The Morgan fingerprint density at radius 3 is 2.24 bits per heavy atom. The lowest BCUT2D eigenvalue weighted by molar-refractivity contribution is -0.138. The molecule has 0 rings (SSSR count). The van der Waals surface area contributed by atoms with E-state index in [0.29, 0.717) is 12.5 Å². The van der Waals surface area contributed by atoms with Crippen LogP contribution in [-0.2, 0) is 9.59 Å². The average molecular weight is 301 g/mol. The molecule has 0 radical (unpaired) electrons. The topological polar surface area (TPSA) is 98.7 Å². The van der Waals surface area contributed by atoms with Crippen LogP contribution in [-0.4, -0.2) is 55.1 Å². The number of nitrogens with zero attached hydrogens (tertiary/aromatic N) is 1. The van der Waals surface area contributed by atoms with Gasteiger partial charge in [0, 0.05) is 40.0 Å². The molecule has 0 bridgehead atoms. The molecule has 0 aliphatic rings. The maximum Gasteiger partial charge on any atom is 0.314 e. The monoisotopic (exact) mass is 301 g/mol. The summed E-state index contributed by atoms with van der Waals surface area (Å²) in [4.78, 5) is 35.1. The largest absolute Gasteiger partial charge is 0.481 e. The van der Waals surface area contributed by atoms with Crippen molar-refractivity contribution in [3.8, 4) is 0 Å². The normalized spacial score (nSPS) is 11.9. The maximum atomic E-state index is 11.6. The number of urea groups is 1. The Labute approximate surface area is 126 Å². The Hall–Kier alpha value is -1.79. The predicted molar refractivity (Wildman–Crippen MR) is 79.9 cm³/mol. The van der Waals surface area contributed by atoms with Crippen molar-refractivity contribution in [3.63, 3.8) is 0 Å². The first-order valence-corrected chi connectivity index (χ1v) is 7.16. The van der Waals surface area contributed by atoms with Crippen molar-refractivity contribution < 1.29 is 19.5 Å². The van der Waals surface area contributed by atoms with E-state index < -0.39 is 5.97 Å². The third-order valence-electron chi connectivity index (χ3n) is 2.94. The maximum absolute atomic E-state index is 11.6. The number of amides is 3. The molecular weight excluding hydrogens is 274 g/mol. The fourth-order valence-corrected chi connectivity index (χ4v) is 1.96. The van der Waals surface area contributed by atoms with Gasteiger partial charge in [-0.1, -0.05) is 13.8 Å². The van der Waals surface area contributed by atoms with Crippen molar-refractivity contribution in [1.82, 2.24) is 15.5 Å². The van der Waals surface area contributed by atoms with E-state index in [1.54, 1.807) is 14.1 Å². The predicted octanol–water partition coefficient (Wildman–Crippen LogP) is 0.901. The number of nitrogens with one attached hydrogen (secondary N) is 2. The molecule has 7 heteroatoms. The van der Waals surface area contributed by atoms with Gasteiger partial charge >= 0.3 is 12.0 Å². The number of carbonyl (C=O) groups is 3. The molecule has 0 spiro atoms. The first-order chi connectivity index (χ1) is 9.72. The second-order valence-electron chi connectivity index (χ2n) is 5.77. The van der Waals surface area contributed by atoms with E-state index in [4.69, 9.17) is 5.11 Å². The molecular formula is C14H27N3O4. The summed E-state index contributed by atoms with van der Waals surface area (Å²) in [5.41, 5.74) is 0. The number of rotatable bonds is 9. The third kappa shape index (κ3) is 10.6. The van der Waals surface area contributed by atoms with Crippen molar-refractivity contribution in [2.24, 2.45) is 11.8 Å². The highest BCUT2D eigenvalue weighted by Crippen LogP contribution is 2.14. The van der Waals surface area contributed by atoms with Crippen molar-refractivity contribution in [2.45, 2.75) is 33.1 Å². The zero-order valence-electron chi connectivity index (χ0n) is 13.3. The van der Waals surface area contributed by atoms with E-state index in [2.05, 4.69) is 10.6 Å². The van der Waals surface area contributed by atoms with E-state index in [1.165, 1.54) is 4.90 Å². The molecule has 0 fully saturated rings. The highest BCUT2D eigenvalue weighted by Gasteiger charge is 2.16. The first-order valence-electron chi connectivity index (χ1n) is 7.16. The number of carboxylic acids is 1. The van der Waals surface area contributed by atoms with Gasteiger partial charge in [0.1, 0.15) is 0 Å². The van der Waals surface area contributed by atoms with Crippen LogP contribution in [0.1, 0.15) is 33.1 Å². The number of carbonyl (C=O) groups excluding carboxylic acids is 2. The van der Waals surface area contributed by atoms with Gasteiger partial charge in [-0.15, -0.1) is 0 Å². The minimum absolute atomic E-state index is 0.0393. The molecule has 122 valence electrons. The standard InChI is InChI=1S/C14H27N3O4/c1-10(2)7-11(8-13(19)20)9-16-14(21)15-6-5-12(18)17(3)4/h10-11H,5-9H2,1-4H3,(H,19,20)(H2,15,16,21). The van der Waals surface area contributed by atoms with Crippen LogP contribution in [0, 0.1) is 11.8 Å². The minimum Gasteiger partial charge on any atom is -0.481 e. The minimum atomic E-state index is -0.862. The summed E-state index contributed by atoms with van der Waals surface area (Å²) in [5.74, 6) is -0.633. The summed E-state index contributed by atoms with van der Waals surface area (Å²) in [7, 11) is 3.32. The van der Waals surface area contributed by atoms with E-state index in [-0.39, 0.29) is 37.2 Å². The summed E-state index contributed by atoms with van der Waals surface area (Å²) in [5, 5.41) is 14.1. The smallest absolute Gasteiger partial charge is 0.314 e. The van der Waals surface area contributed by atoms with Gasteiger partial charge in [-0.05, 0) is 18.3 Å². The Morgan fingerprint density at radius 2 is 1.76 bits per heavy atom. The number of carboxylic acid groups (broad SMARTS) is 1. The molecule has 0 saturated carbocycles. The fourth-order valence-electron chi connectivity index (χ4n) is 1.96. The Kier molecular flexibility index (Phi) is 9.16. The Morgan fingerprint density at radius 1 is 1.14 bits per heavy atom. The zero-order valence-corrected chi connectivity index (χ0v) is 13.3. The van der Waals surface area contributed by atoms with E-state index in [0.717, 1.165) is 6.42 Å². The summed E-state index contributed by atoms with van der Waals surface area (Å²) in [6.45, 7) is 4.61. The van der Waals surface area contributed by atoms with Gasteiger partial charge in [-0.2, -0.15) is 0 Å². The molecule has 0 aromatic rings. The average Bonchev–Trinajstić information content (AvgIpc) is 2.34. The van der Waals surface area contributed by atoms with E-state index in [1.807, 2.05) is 13.8 Å². The third-order valence-corrected chi connectivity index (χ3v) is 2.94. The summed E-state index contributed by atoms with van der Waals surface area (Å²) < 4.78 is 0. The van der Waals surface area contributed by atoms with Crippen LogP contribution in [0.4, 0.5) is 4.79 Å². The van der Waals surface area contributed by atoms with Gasteiger partial charge in [0.15, 0.2) is 0 Å². The number of aliphatic carboxylic acids is 1. The van der Waals surface area contributed by atoms with Gasteiger partial charge in [0.2, 0.25) is 5.91 Å².